The van der Waals surface area contributed by atoms with Gasteiger partial charge < -0.3 is 9.26 Å². The van der Waals surface area contributed by atoms with Crippen LogP contribution in [0.5, 0.6) is 0 Å². The Morgan fingerprint density at radius 1 is 1.19 bits per heavy atom. The summed E-state index contributed by atoms with van der Waals surface area (Å²) < 4.78 is 10.9. The molecule has 4 nitrogen and oxygen atoms in total. The van der Waals surface area contributed by atoms with E-state index >= 15 is 0 Å². The minimum Gasteiger partial charge on any atom is -0.381 e. The van der Waals surface area contributed by atoms with E-state index in [4.69, 9.17) is 9.26 Å². The molecule has 1 aromatic carbocycles. The minimum atomic E-state index is 0.356. The number of hydrogen-bond donors (Lipinski definition) is 0. The zero-order chi connectivity index (χ0) is 14.5. The summed E-state index contributed by atoms with van der Waals surface area (Å²) in [6.07, 6.45) is 3.95. The molecule has 21 heavy (non-hydrogen) atoms. The van der Waals surface area contributed by atoms with Crippen molar-refractivity contribution in [2.75, 3.05) is 13.2 Å². The van der Waals surface area contributed by atoms with E-state index in [0.717, 1.165) is 50.6 Å². The van der Waals surface area contributed by atoms with Crippen LogP contribution >= 0.6 is 0 Å². The maximum Gasteiger partial charge on any atom is 0.230 e. The summed E-state index contributed by atoms with van der Waals surface area (Å²) in [5, 5.41) is 4.13. The molecule has 1 aliphatic heterocycles. The first-order valence-electron chi connectivity index (χ1n) is 7.77. The fourth-order valence-corrected chi connectivity index (χ4v) is 2.86. The minimum absolute atomic E-state index is 0.356. The summed E-state index contributed by atoms with van der Waals surface area (Å²) >= 11 is 0. The van der Waals surface area contributed by atoms with Gasteiger partial charge in [0.15, 0.2) is 5.82 Å². The van der Waals surface area contributed by atoms with Crippen molar-refractivity contribution in [3.05, 3.63) is 47.6 Å². The van der Waals surface area contributed by atoms with E-state index in [1.807, 2.05) is 6.07 Å². The average Bonchev–Trinajstić information content (AvgIpc) is 2.97. The van der Waals surface area contributed by atoms with Crippen molar-refractivity contribution in [1.82, 2.24) is 10.1 Å². The van der Waals surface area contributed by atoms with E-state index in [1.165, 1.54) is 5.56 Å². The number of nitrogens with zero attached hydrogens (tertiary/aromatic N) is 2. The quantitative estimate of drug-likeness (QED) is 0.845. The first kappa shape index (κ1) is 14.3. The lowest BCUT2D eigenvalue weighted by atomic mass is 9.90. The number of aromatic nitrogens is 2. The third-order valence-electron chi connectivity index (χ3n) is 4.15. The Morgan fingerprint density at radius 2 is 2.05 bits per heavy atom. The van der Waals surface area contributed by atoms with Crippen LogP contribution in [0.25, 0.3) is 0 Å². The molecule has 3 rings (SSSR count). The molecule has 0 unspecified atom stereocenters. The van der Waals surface area contributed by atoms with E-state index in [-0.39, 0.29) is 0 Å². The summed E-state index contributed by atoms with van der Waals surface area (Å²) in [6.45, 7) is 3.76. The molecule has 1 saturated heterocycles. The van der Waals surface area contributed by atoms with Crippen molar-refractivity contribution in [3.8, 4) is 0 Å². The molecule has 0 amide bonds. The molecule has 0 radical (unpaired) electrons. The Morgan fingerprint density at radius 3 is 2.86 bits per heavy atom. The highest BCUT2D eigenvalue weighted by molar-refractivity contribution is 5.14. The van der Waals surface area contributed by atoms with E-state index in [2.05, 4.69) is 41.3 Å². The number of hydrogen-bond acceptors (Lipinski definition) is 4. The van der Waals surface area contributed by atoms with E-state index in [9.17, 15) is 0 Å². The summed E-state index contributed by atoms with van der Waals surface area (Å²) in [5.41, 5.74) is 1.36. The average molecular weight is 286 g/mol. The van der Waals surface area contributed by atoms with Gasteiger partial charge >= 0.3 is 0 Å². The van der Waals surface area contributed by atoms with Crippen LogP contribution < -0.4 is 0 Å². The standard InChI is InChI=1S/C17H22N2O2/c1-13-12-20-11-10-15(13)17-18-16(19-21-17)9-5-8-14-6-3-2-4-7-14/h2-4,6-7,13,15H,5,8-12H2,1H3/t13-,15+/m0/s1. The molecular formula is C17H22N2O2. The third-order valence-corrected chi connectivity index (χ3v) is 4.15. The molecule has 0 aliphatic carbocycles. The number of aryl methyl sites for hydroxylation is 2. The third kappa shape index (κ3) is 3.70. The van der Waals surface area contributed by atoms with Gasteiger partial charge in [-0.2, -0.15) is 4.98 Å². The van der Waals surface area contributed by atoms with Gasteiger partial charge in [-0.25, -0.2) is 0 Å². The fraction of sp³-hybridized carbons (Fsp3) is 0.529. The van der Waals surface area contributed by atoms with Gasteiger partial charge in [0, 0.05) is 25.6 Å². The highest BCUT2D eigenvalue weighted by Gasteiger charge is 2.28. The molecular weight excluding hydrogens is 264 g/mol. The zero-order valence-corrected chi connectivity index (χ0v) is 12.5. The van der Waals surface area contributed by atoms with Crippen molar-refractivity contribution < 1.29 is 9.26 Å². The van der Waals surface area contributed by atoms with E-state index < -0.39 is 0 Å². The summed E-state index contributed by atoms with van der Waals surface area (Å²) in [5.74, 6) is 2.44. The molecule has 2 aromatic rings. The Bertz CT molecular complexity index is 553. The lowest BCUT2D eigenvalue weighted by Gasteiger charge is -2.25. The molecule has 0 bridgehead atoms. The van der Waals surface area contributed by atoms with Gasteiger partial charge in [0.1, 0.15) is 0 Å². The Balaban J connectivity index is 1.53. The van der Waals surface area contributed by atoms with Gasteiger partial charge in [-0.15, -0.1) is 0 Å². The zero-order valence-electron chi connectivity index (χ0n) is 12.5. The second kappa shape index (κ2) is 6.85. The summed E-state index contributed by atoms with van der Waals surface area (Å²) in [4.78, 5) is 4.58. The lowest BCUT2D eigenvalue weighted by Crippen LogP contribution is -2.23. The Kier molecular flexibility index (Phi) is 4.65. The van der Waals surface area contributed by atoms with Gasteiger partial charge in [0.2, 0.25) is 5.89 Å². The molecule has 0 spiro atoms. The number of benzene rings is 1. The van der Waals surface area contributed by atoms with Gasteiger partial charge in [0.25, 0.3) is 0 Å². The van der Waals surface area contributed by atoms with Crippen LogP contribution in [0.1, 0.15) is 43.0 Å². The topological polar surface area (TPSA) is 48.2 Å². The Labute approximate surface area is 125 Å². The van der Waals surface area contributed by atoms with Gasteiger partial charge in [0.05, 0.1) is 0 Å². The molecule has 0 N–H and O–H groups in total. The van der Waals surface area contributed by atoms with Crippen LogP contribution in [0, 0.1) is 5.92 Å². The van der Waals surface area contributed by atoms with Crippen molar-refractivity contribution in [1.29, 1.82) is 0 Å². The maximum atomic E-state index is 5.46. The van der Waals surface area contributed by atoms with Crippen molar-refractivity contribution >= 4 is 0 Å². The van der Waals surface area contributed by atoms with Crippen LogP contribution in [-0.2, 0) is 17.6 Å². The largest absolute Gasteiger partial charge is 0.381 e. The molecule has 2 atom stereocenters. The molecule has 112 valence electrons. The first-order chi connectivity index (χ1) is 10.3. The fourth-order valence-electron chi connectivity index (χ4n) is 2.86. The van der Waals surface area contributed by atoms with Gasteiger partial charge in [-0.05, 0) is 30.7 Å². The van der Waals surface area contributed by atoms with Crippen molar-refractivity contribution in [2.45, 2.75) is 38.5 Å². The molecule has 1 aromatic heterocycles. The second-order valence-electron chi connectivity index (χ2n) is 5.84. The van der Waals surface area contributed by atoms with Crippen LogP contribution in [0.15, 0.2) is 34.9 Å². The monoisotopic (exact) mass is 286 g/mol. The predicted molar refractivity (Wildman–Crippen MR) is 80.1 cm³/mol. The molecule has 2 heterocycles. The van der Waals surface area contributed by atoms with E-state index in [0.29, 0.717) is 11.8 Å². The predicted octanol–water partition coefficient (Wildman–Crippen LogP) is 3.38. The number of rotatable bonds is 5. The lowest BCUT2D eigenvalue weighted by molar-refractivity contribution is 0.0392. The highest BCUT2D eigenvalue weighted by atomic mass is 16.5. The summed E-state index contributed by atoms with van der Waals surface area (Å²) in [7, 11) is 0. The highest BCUT2D eigenvalue weighted by Crippen LogP contribution is 2.30. The molecule has 1 fully saturated rings. The van der Waals surface area contributed by atoms with Gasteiger partial charge in [-0.3, -0.25) is 0 Å². The van der Waals surface area contributed by atoms with Crippen molar-refractivity contribution in [2.24, 2.45) is 5.92 Å². The Hall–Kier alpha value is -1.68. The van der Waals surface area contributed by atoms with Crippen molar-refractivity contribution in [3.63, 3.8) is 0 Å². The van der Waals surface area contributed by atoms with Gasteiger partial charge in [-0.1, -0.05) is 42.4 Å². The van der Waals surface area contributed by atoms with Crippen LogP contribution in [-0.4, -0.2) is 23.4 Å². The van der Waals surface area contributed by atoms with E-state index in [1.54, 1.807) is 0 Å². The molecule has 1 aliphatic rings. The van der Waals surface area contributed by atoms with Crippen LogP contribution in [0.3, 0.4) is 0 Å². The number of ether oxygens (including phenoxy) is 1. The smallest absolute Gasteiger partial charge is 0.230 e. The van der Waals surface area contributed by atoms with Crippen LogP contribution in [0.2, 0.25) is 0 Å². The second-order valence-corrected chi connectivity index (χ2v) is 5.84. The first-order valence-corrected chi connectivity index (χ1v) is 7.77. The summed E-state index contributed by atoms with van der Waals surface area (Å²) in [6, 6.07) is 10.5. The molecule has 4 heteroatoms. The van der Waals surface area contributed by atoms with Crippen LogP contribution in [0.4, 0.5) is 0 Å². The normalized spacial score (nSPS) is 22.3. The molecule has 0 saturated carbocycles. The SMILES string of the molecule is C[C@H]1COCC[C@H]1c1nc(CCCc2ccccc2)no1. The maximum absolute atomic E-state index is 5.46.